The van der Waals surface area contributed by atoms with Gasteiger partial charge in [-0.1, -0.05) is 11.6 Å². The maximum Gasteiger partial charge on any atom is 0.0531 e. The van der Waals surface area contributed by atoms with Crippen molar-refractivity contribution in [2.24, 2.45) is 0 Å². The first kappa shape index (κ1) is 10.8. The van der Waals surface area contributed by atoms with Crippen LogP contribution in [0.25, 0.3) is 0 Å². The van der Waals surface area contributed by atoms with Crippen molar-refractivity contribution in [3.63, 3.8) is 0 Å². The Morgan fingerprint density at radius 3 is 3.00 bits per heavy atom. The summed E-state index contributed by atoms with van der Waals surface area (Å²) in [5.41, 5.74) is 2.53. The Labute approximate surface area is 95.5 Å². The van der Waals surface area contributed by atoms with Gasteiger partial charge in [-0.15, -0.1) is 0 Å². The van der Waals surface area contributed by atoms with E-state index in [1.807, 2.05) is 19.1 Å². The molecule has 1 N–H and O–H groups in total. The first-order valence-electron chi connectivity index (χ1n) is 5.27. The van der Waals surface area contributed by atoms with Crippen LogP contribution >= 0.6 is 11.6 Å². The number of aliphatic hydroxyl groups excluding tert-OH is 1. The van der Waals surface area contributed by atoms with Crippen LogP contribution in [0.1, 0.15) is 18.9 Å². The minimum atomic E-state index is -0.248. The number of halogens is 1. The Hall–Kier alpha value is -0.730. The minimum absolute atomic E-state index is 0.248. The number of hydrogen-bond acceptors (Lipinski definition) is 2. The number of fused-ring (bicyclic) bond motifs is 1. The van der Waals surface area contributed by atoms with Gasteiger partial charge in [-0.05, 0) is 43.5 Å². The molecule has 0 radical (unpaired) electrons. The van der Waals surface area contributed by atoms with Crippen LogP contribution in [0.3, 0.4) is 0 Å². The Morgan fingerprint density at radius 2 is 2.33 bits per heavy atom. The van der Waals surface area contributed by atoms with Gasteiger partial charge in [0.2, 0.25) is 0 Å². The van der Waals surface area contributed by atoms with Gasteiger partial charge >= 0.3 is 0 Å². The van der Waals surface area contributed by atoms with Gasteiger partial charge in [0.1, 0.15) is 0 Å². The number of benzene rings is 1. The van der Waals surface area contributed by atoms with E-state index in [0.29, 0.717) is 6.04 Å². The van der Waals surface area contributed by atoms with Gasteiger partial charge in [0.15, 0.2) is 0 Å². The van der Waals surface area contributed by atoms with Crippen molar-refractivity contribution in [2.45, 2.75) is 31.9 Å². The highest BCUT2D eigenvalue weighted by molar-refractivity contribution is 6.30. The summed E-state index contributed by atoms with van der Waals surface area (Å²) in [6, 6.07) is 6.40. The Morgan fingerprint density at radius 1 is 1.60 bits per heavy atom. The summed E-state index contributed by atoms with van der Waals surface area (Å²) in [4.78, 5) is 2.23. The monoisotopic (exact) mass is 225 g/mol. The van der Waals surface area contributed by atoms with Gasteiger partial charge in [0, 0.05) is 23.8 Å². The molecule has 0 saturated heterocycles. The average Bonchev–Trinajstić information content (AvgIpc) is 2.42. The topological polar surface area (TPSA) is 23.5 Å². The molecule has 15 heavy (non-hydrogen) atoms. The maximum atomic E-state index is 9.41. The predicted molar refractivity (Wildman–Crippen MR) is 63.6 cm³/mol. The molecule has 0 aliphatic carbocycles. The quantitative estimate of drug-likeness (QED) is 0.836. The predicted octanol–water partition coefficient (Wildman–Crippen LogP) is 2.47. The molecule has 0 saturated carbocycles. The van der Waals surface area contributed by atoms with Gasteiger partial charge in [0.05, 0.1) is 6.10 Å². The van der Waals surface area contributed by atoms with Gasteiger partial charge < -0.3 is 10.0 Å². The smallest absolute Gasteiger partial charge is 0.0531 e. The normalized spacial score (nSPS) is 21.6. The lowest BCUT2D eigenvalue weighted by Gasteiger charge is -2.23. The molecule has 3 heteroatoms. The van der Waals surface area contributed by atoms with E-state index < -0.39 is 0 Å². The van der Waals surface area contributed by atoms with Crippen LogP contribution < -0.4 is 4.90 Å². The zero-order valence-corrected chi connectivity index (χ0v) is 9.83. The van der Waals surface area contributed by atoms with E-state index in [9.17, 15) is 5.11 Å². The molecule has 1 aliphatic rings. The number of rotatable bonds is 2. The van der Waals surface area contributed by atoms with E-state index >= 15 is 0 Å². The summed E-state index contributed by atoms with van der Waals surface area (Å²) in [5.74, 6) is 0. The zero-order chi connectivity index (χ0) is 11.0. The van der Waals surface area contributed by atoms with Crippen molar-refractivity contribution >= 4 is 17.3 Å². The first-order chi connectivity index (χ1) is 7.08. The van der Waals surface area contributed by atoms with E-state index in [1.54, 1.807) is 0 Å². The molecule has 2 unspecified atom stereocenters. The number of anilines is 1. The second-order valence-electron chi connectivity index (χ2n) is 4.33. The van der Waals surface area contributed by atoms with E-state index in [0.717, 1.165) is 17.9 Å². The summed E-state index contributed by atoms with van der Waals surface area (Å²) in [6.07, 6.45) is 1.54. The van der Waals surface area contributed by atoms with Crippen LogP contribution in [0.4, 0.5) is 5.69 Å². The molecule has 2 nitrogen and oxygen atoms in total. The lowest BCUT2D eigenvalue weighted by atomic mass is 10.1. The molecule has 1 aromatic carbocycles. The molecule has 1 aromatic rings. The number of nitrogens with zero attached hydrogens (tertiary/aromatic N) is 1. The number of likely N-dealkylation sites (N-methyl/N-ethyl adjacent to an activating group) is 1. The van der Waals surface area contributed by atoms with Gasteiger partial charge in [-0.25, -0.2) is 0 Å². The Bertz CT molecular complexity index is 365. The van der Waals surface area contributed by atoms with Crippen molar-refractivity contribution in [2.75, 3.05) is 11.9 Å². The highest BCUT2D eigenvalue weighted by Crippen LogP contribution is 2.34. The fourth-order valence-corrected chi connectivity index (χ4v) is 2.48. The van der Waals surface area contributed by atoms with Crippen molar-refractivity contribution in [3.8, 4) is 0 Å². The molecule has 0 aromatic heterocycles. The van der Waals surface area contributed by atoms with Gasteiger partial charge in [-0.3, -0.25) is 0 Å². The zero-order valence-electron chi connectivity index (χ0n) is 9.07. The standard InChI is InChI=1S/C12H16ClNO/c1-8(15)5-11-7-9-6-10(13)3-4-12(9)14(11)2/h3-4,6,8,11,15H,5,7H2,1-2H3. The van der Waals surface area contributed by atoms with Crippen molar-refractivity contribution in [3.05, 3.63) is 28.8 Å². The maximum absolute atomic E-state index is 9.41. The van der Waals surface area contributed by atoms with Crippen molar-refractivity contribution in [1.29, 1.82) is 0 Å². The molecule has 0 fully saturated rings. The third kappa shape index (κ3) is 2.11. The van der Waals surface area contributed by atoms with E-state index in [-0.39, 0.29) is 6.10 Å². The molecule has 0 spiro atoms. The number of aliphatic hydroxyl groups is 1. The molecule has 1 aliphatic heterocycles. The van der Waals surface area contributed by atoms with Crippen LogP contribution in [0.5, 0.6) is 0 Å². The molecule has 82 valence electrons. The van der Waals surface area contributed by atoms with E-state index in [4.69, 9.17) is 11.6 Å². The summed E-state index contributed by atoms with van der Waals surface area (Å²) in [5, 5.41) is 10.2. The van der Waals surface area contributed by atoms with Crippen molar-refractivity contribution < 1.29 is 5.11 Å². The SMILES string of the molecule is CC(O)CC1Cc2cc(Cl)ccc2N1C. The Kier molecular flexibility index (Phi) is 2.89. The summed E-state index contributed by atoms with van der Waals surface area (Å²) in [7, 11) is 2.08. The van der Waals surface area contributed by atoms with E-state index in [2.05, 4.69) is 18.0 Å². The molecule has 0 amide bonds. The fraction of sp³-hybridized carbons (Fsp3) is 0.500. The number of hydrogen-bond donors (Lipinski definition) is 1. The second kappa shape index (κ2) is 4.03. The highest BCUT2D eigenvalue weighted by atomic mass is 35.5. The summed E-state index contributed by atoms with van der Waals surface area (Å²) >= 11 is 5.96. The second-order valence-corrected chi connectivity index (χ2v) is 4.76. The highest BCUT2D eigenvalue weighted by Gasteiger charge is 2.27. The molecular formula is C12H16ClNO. The lowest BCUT2D eigenvalue weighted by molar-refractivity contribution is 0.175. The van der Waals surface area contributed by atoms with Crippen LogP contribution in [0, 0.1) is 0 Å². The van der Waals surface area contributed by atoms with Crippen LogP contribution in [0.2, 0.25) is 5.02 Å². The molecule has 0 bridgehead atoms. The van der Waals surface area contributed by atoms with Crippen molar-refractivity contribution in [1.82, 2.24) is 0 Å². The van der Waals surface area contributed by atoms with E-state index in [1.165, 1.54) is 11.3 Å². The van der Waals surface area contributed by atoms with Crippen LogP contribution in [0.15, 0.2) is 18.2 Å². The first-order valence-corrected chi connectivity index (χ1v) is 5.65. The molecular weight excluding hydrogens is 210 g/mol. The summed E-state index contributed by atoms with van der Waals surface area (Å²) in [6.45, 7) is 1.84. The van der Waals surface area contributed by atoms with Gasteiger partial charge in [-0.2, -0.15) is 0 Å². The van der Waals surface area contributed by atoms with Crippen LogP contribution in [-0.2, 0) is 6.42 Å². The Balaban J connectivity index is 2.21. The third-order valence-corrected chi connectivity index (χ3v) is 3.27. The lowest BCUT2D eigenvalue weighted by Crippen LogP contribution is -2.30. The molecule has 2 rings (SSSR count). The van der Waals surface area contributed by atoms with Gasteiger partial charge in [0.25, 0.3) is 0 Å². The summed E-state index contributed by atoms with van der Waals surface area (Å²) < 4.78 is 0. The average molecular weight is 226 g/mol. The third-order valence-electron chi connectivity index (χ3n) is 3.04. The molecule has 2 atom stereocenters. The minimum Gasteiger partial charge on any atom is -0.393 e. The van der Waals surface area contributed by atoms with Crippen LogP contribution in [-0.4, -0.2) is 24.3 Å². The largest absolute Gasteiger partial charge is 0.393 e. The fourth-order valence-electron chi connectivity index (χ4n) is 2.28. The molecule has 1 heterocycles.